The van der Waals surface area contributed by atoms with E-state index in [1.807, 2.05) is 61.8 Å². The summed E-state index contributed by atoms with van der Waals surface area (Å²) in [5, 5.41) is 29.4. The van der Waals surface area contributed by atoms with Crippen molar-refractivity contribution >= 4 is 5.91 Å². The van der Waals surface area contributed by atoms with Gasteiger partial charge in [0.2, 0.25) is 5.91 Å². The Bertz CT molecular complexity index is 1080. The van der Waals surface area contributed by atoms with E-state index in [0.717, 1.165) is 17.8 Å². The molecule has 2 aromatic carbocycles. The number of aromatic nitrogens is 3. The van der Waals surface area contributed by atoms with Crippen LogP contribution < -0.4 is 0 Å². The quantitative estimate of drug-likeness (QED) is 0.454. The van der Waals surface area contributed by atoms with Crippen molar-refractivity contribution in [2.45, 2.75) is 57.0 Å². The molecule has 35 heavy (non-hydrogen) atoms. The van der Waals surface area contributed by atoms with E-state index in [4.69, 9.17) is 4.74 Å². The summed E-state index contributed by atoms with van der Waals surface area (Å²) in [6, 6.07) is 19.9. The molecule has 1 amide bonds. The van der Waals surface area contributed by atoms with Gasteiger partial charge in [-0.2, -0.15) is 0 Å². The van der Waals surface area contributed by atoms with Gasteiger partial charge in [-0.3, -0.25) is 9.69 Å². The molecule has 4 rings (SSSR count). The maximum Gasteiger partial charge on any atom is 0.225 e. The van der Waals surface area contributed by atoms with Crippen LogP contribution in [0.5, 0.6) is 0 Å². The third-order valence-electron chi connectivity index (χ3n) is 6.21. The van der Waals surface area contributed by atoms with Crippen molar-refractivity contribution in [3.05, 3.63) is 83.7 Å². The van der Waals surface area contributed by atoms with Gasteiger partial charge < -0.3 is 19.8 Å². The molecule has 1 aliphatic heterocycles. The highest BCUT2D eigenvalue weighted by Gasteiger charge is 2.43. The zero-order chi connectivity index (χ0) is 24.8. The van der Waals surface area contributed by atoms with Gasteiger partial charge in [0.15, 0.2) is 0 Å². The predicted molar refractivity (Wildman–Crippen MR) is 130 cm³/mol. The van der Waals surface area contributed by atoms with Gasteiger partial charge >= 0.3 is 0 Å². The van der Waals surface area contributed by atoms with Crippen LogP contribution in [0.3, 0.4) is 0 Å². The van der Waals surface area contributed by atoms with Crippen molar-refractivity contribution in [3.8, 4) is 0 Å². The molecule has 3 aromatic rings. The molecule has 0 radical (unpaired) electrons. The normalized spacial score (nSPS) is 22.0. The number of aliphatic hydroxyl groups is 2. The topological polar surface area (TPSA) is 104 Å². The van der Waals surface area contributed by atoms with Gasteiger partial charge in [-0.05, 0) is 18.2 Å². The van der Waals surface area contributed by atoms with Crippen LogP contribution in [0.25, 0.3) is 0 Å². The number of rotatable bonds is 10. The Hall–Kier alpha value is -3.11. The van der Waals surface area contributed by atoms with E-state index < -0.39 is 24.4 Å². The maximum atomic E-state index is 12.7. The molecule has 1 aromatic heterocycles. The Labute approximate surface area is 205 Å². The van der Waals surface area contributed by atoms with Crippen molar-refractivity contribution in [1.29, 1.82) is 0 Å². The minimum absolute atomic E-state index is 0.00898. The van der Waals surface area contributed by atoms with E-state index >= 15 is 0 Å². The minimum atomic E-state index is -1.14. The summed E-state index contributed by atoms with van der Waals surface area (Å²) in [5.74, 6) is -0.157. The first-order valence-electron chi connectivity index (χ1n) is 11.8. The van der Waals surface area contributed by atoms with Gasteiger partial charge in [-0.1, -0.05) is 65.9 Å². The van der Waals surface area contributed by atoms with Gasteiger partial charge in [0.05, 0.1) is 24.8 Å². The number of hydrogen-bond donors (Lipinski definition) is 2. The SMILES string of the molecule is CN(Cc1ccccc1)Cc1cn(C[C@H]2O[C@@H](CC(=O)N(C)Cc3ccccc3)[C@H](O)[C@@H]2O)nn1. The van der Waals surface area contributed by atoms with Crippen LogP contribution in [-0.4, -0.2) is 79.4 Å². The molecule has 1 aliphatic rings. The largest absolute Gasteiger partial charge is 0.388 e. The molecule has 0 bridgehead atoms. The summed E-state index contributed by atoms with van der Waals surface area (Å²) < 4.78 is 7.49. The lowest BCUT2D eigenvalue weighted by molar-refractivity contribution is -0.134. The molecular weight excluding hydrogens is 446 g/mol. The van der Waals surface area contributed by atoms with E-state index in [9.17, 15) is 15.0 Å². The number of carbonyl (C=O) groups is 1. The molecule has 9 heteroatoms. The molecule has 2 heterocycles. The van der Waals surface area contributed by atoms with Crippen molar-refractivity contribution in [2.24, 2.45) is 0 Å². The average Bonchev–Trinajstić information content (AvgIpc) is 3.39. The monoisotopic (exact) mass is 479 g/mol. The highest BCUT2D eigenvalue weighted by molar-refractivity contribution is 5.76. The minimum Gasteiger partial charge on any atom is -0.388 e. The summed E-state index contributed by atoms with van der Waals surface area (Å²) in [7, 11) is 3.74. The number of amides is 1. The zero-order valence-electron chi connectivity index (χ0n) is 20.1. The van der Waals surface area contributed by atoms with Crippen molar-refractivity contribution < 1.29 is 19.7 Å². The Morgan fingerprint density at radius 1 is 0.914 bits per heavy atom. The summed E-state index contributed by atoms with van der Waals surface area (Å²) in [6.45, 7) is 2.11. The second-order valence-corrected chi connectivity index (χ2v) is 9.22. The van der Waals surface area contributed by atoms with Crippen molar-refractivity contribution in [3.63, 3.8) is 0 Å². The van der Waals surface area contributed by atoms with Crippen LogP contribution in [0.1, 0.15) is 23.2 Å². The summed E-state index contributed by atoms with van der Waals surface area (Å²) in [4.78, 5) is 16.4. The number of aliphatic hydroxyl groups excluding tert-OH is 2. The highest BCUT2D eigenvalue weighted by atomic mass is 16.5. The Morgan fingerprint density at radius 3 is 2.17 bits per heavy atom. The molecule has 9 nitrogen and oxygen atoms in total. The molecule has 1 saturated heterocycles. The van der Waals surface area contributed by atoms with Gasteiger partial charge in [0, 0.05) is 32.9 Å². The Morgan fingerprint density at radius 2 is 1.51 bits per heavy atom. The fourth-order valence-electron chi connectivity index (χ4n) is 4.33. The van der Waals surface area contributed by atoms with Crippen LogP contribution in [0, 0.1) is 0 Å². The van der Waals surface area contributed by atoms with Crippen LogP contribution in [0.2, 0.25) is 0 Å². The standard InChI is InChI=1S/C26H33N5O4/c1-29(14-19-9-5-3-6-10-19)16-21-17-31(28-27-21)18-23-26(34)25(33)22(35-23)13-24(32)30(2)15-20-11-7-4-8-12-20/h3-12,17,22-23,25-26,33-34H,13-16,18H2,1-2H3/t22-,23+,25-,26+/m0/s1. The third kappa shape index (κ3) is 6.73. The van der Waals surface area contributed by atoms with Gasteiger partial charge in [-0.15, -0.1) is 5.10 Å². The van der Waals surface area contributed by atoms with E-state index in [1.165, 1.54) is 5.56 Å². The molecule has 1 fully saturated rings. The first-order chi connectivity index (χ1) is 16.9. The van der Waals surface area contributed by atoms with Crippen LogP contribution in [0.4, 0.5) is 0 Å². The van der Waals surface area contributed by atoms with Crippen LogP contribution in [-0.2, 0) is 35.7 Å². The predicted octanol–water partition coefficient (Wildman–Crippen LogP) is 1.45. The molecule has 0 unspecified atom stereocenters. The van der Waals surface area contributed by atoms with Crippen LogP contribution in [0.15, 0.2) is 66.9 Å². The number of carbonyl (C=O) groups excluding carboxylic acids is 1. The molecule has 186 valence electrons. The zero-order valence-corrected chi connectivity index (χ0v) is 20.1. The Kier molecular flexibility index (Phi) is 8.25. The second kappa shape index (κ2) is 11.5. The lowest BCUT2D eigenvalue weighted by Crippen LogP contribution is -2.36. The fourth-order valence-corrected chi connectivity index (χ4v) is 4.33. The molecule has 2 N–H and O–H groups in total. The van der Waals surface area contributed by atoms with Crippen LogP contribution >= 0.6 is 0 Å². The van der Waals surface area contributed by atoms with Gasteiger partial charge in [0.25, 0.3) is 0 Å². The smallest absolute Gasteiger partial charge is 0.225 e. The summed E-state index contributed by atoms with van der Waals surface area (Å²) in [6.07, 6.45) is -1.91. The molecule has 0 saturated carbocycles. The number of ether oxygens (including phenoxy) is 1. The summed E-state index contributed by atoms with van der Waals surface area (Å²) in [5.41, 5.74) is 3.03. The van der Waals surface area contributed by atoms with E-state index in [-0.39, 0.29) is 18.9 Å². The lowest BCUT2D eigenvalue weighted by Gasteiger charge is -2.21. The highest BCUT2D eigenvalue weighted by Crippen LogP contribution is 2.25. The van der Waals surface area contributed by atoms with E-state index in [0.29, 0.717) is 13.1 Å². The molecular formula is C26H33N5O4. The van der Waals surface area contributed by atoms with E-state index in [1.54, 1.807) is 16.6 Å². The van der Waals surface area contributed by atoms with Gasteiger partial charge in [-0.25, -0.2) is 4.68 Å². The molecule has 0 spiro atoms. The first kappa shape index (κ1) is 25.0. The Balaban J connectivity index is 1.28. The lowest BCUT2D eigenvalue weighted by atomic mass is 10.0. The van der Waals surface area contributed by atoms with Gasteiger partial charge in [0.1, 0.15) is 18.3 Å². The molecule has 4 atom stereocenters. The number of hydrogen-bond acceptors (Lipinski definition) is 7. The fraction of sp³-hybridized carbons (Fsp3) is 0.423. The second-order valence-electron chi connectivity index (χ2n) is 9.22. The maximum absolute atomic E-state index is 12.7. The summed E-state index contributed by atoms with van der Waals surface area (Å²) >= 11 is 0. The van der Waals surface area contributed by atoms with Crippen molar-refractivity contribution in [1.82, 2.24) is 24.8 Å². The molecule has 0 aliphatic carbocycles. The number of benzene rings is 2. The third-order valence-corrected chi connectivity index (χ3v) is 6.21. The average molecular weight is 480 g/mol. The number of nitrogens with zero attached hydrogens (tertiary/aromatic N) is 5. The first-order valence-corrected chi connectivity index (χ1v) is 11.8. The van der Waals surface area contributed by atoms with E-state index in [2.05, 4.69) is 27.3 Å². The van der Waals surface area contributed by atoms with Crippen molar-refractivity contribution in [2.75, 3.05) is 14.1 Å².